The SMILES string of the molecule is CC1CC1CN(C)C(=O)c1cc(F)ccc1O. The molecular weight excluding hydrogens is 221 g/mol. The van der Waals surface area contributed by atoms with Crippen LogP contribution in [0.15, 0.2) is 18.2 Å². The summed E-state index contributed by atoms with van der Waals surface area (Å²) in [5.41, 5.74) is 0.0285. The summed E-state index contributed by atoms with van der Waals surface area (Å²) in [5, 5.41) is 9.54. The van der Waals surface area contributed by atoms with Gasteiger partial charge in [-0.3, -0.25) is 4.79 Å². The van der Waals surface area contributed by atoms with Crippen LogP contribution in [0.4, 0.5) is 4.39 Å². The Morgan fingerprint density at radius 3 is 2.82 bits per heavy atom. The van der Waals surface area contributed by atoms with Crippen LogP contribution in [0.25, 0.3) is 0 Å². The van der Waals surface area contributed by atoms with Crippen LogP contribution in [0.5, 0.6) is 5.75 Å². The number of benzene rings is 1. The topological polar surface area (TPSA) is 40.5 Å². The summed E-state index contributed by atoms with van der Waals surface area (Å²) in [5.74, 6) is 0.179. The number of carbonyl (C=O) groups excluding carboxylic acids is 1. The van der Waals surface area contributed by atoms with Gasteiger partial charge in [-0.15, -0.1) is 0 Å². The molecule has 2 rings (SSSR count). The third-order valence-corrected chi connectivity index (χ3v) is 3.32. The smallest absolute Gasteiger partial charge is 0.257 e. The lowest BCUT2D eigenvalue weighted by atomic mass is 10.1. The molecule has 1 aliphatic rings. The number of hydrogen-bond acceptors (Lipinski definition) is 2. The molecule has 0 aromatic heterocycles. The molecule has 1 aromatic carbocycles. The summed E-state index contributed by atoms with van der Waals surface area (Å²) in [6.07, 6.45) is 1.13. The summed E-state index contributed by atoms with van der Waals surface area (Å²) in [4.78, 5) is 13.5. The largest absolute Gasteiger partial charge is 0.507 e. The van der Waals surface area contributed by atoms with Crippen molar-refractivity contribution in [2.24, 2.45) is 11.8 Å². The van der Waals surface area contributed by atoms with E-state index in [1.165, 1.54) is 6.07 Å². The van der Waals surface area contributed by atoms with Gasteiger partial charge < -0.3 is 10.0 Å². The molecule has 2 unspecified atom stereocenters. The second-order valence-corrected chi connectivity index (χ2v) is 4.82. The Kier molecular flexibility index (Phi) is 3.05. The molecule has 0 aliphatic heterocycles. The van der Waals surface area contributed by atoms with E-state index >= 15 is 0 Å². The fourth-order valence-electron chi connectivity index (χ4n) is 1.97. The fourth-order valence-corrected chi connectivity index (χ4v) is 1.97. The zero-order valence-corrected chi connectivity index (χ0v) is 9.98. The highest BCUT2D eigenvalue weighted by molar-refractivity contribution is 5.96. The third kappa shape index (κ3) is 2.57. The molecule has 2 atom stereocenters. The average molecular weight is 237 g/mol. The molecule has 1 saturated carbocycles. The molecule has 17 heavy (non-hydrogen) atoms. The van der Waals surface area contributed by atoms with Crippen LogP contribution in [0.3, 0.4) is 0 Å². The monoisotopic (exact) mass is 237 g/mol. The van der Waals surface area contributed by atoms with Crippen molar-refractivity contribution in [1.29, 1.82) is 0 Å². The van der Waals surface area contributed by atoms with Gasteiger partial charge in [0.1, 0.15) is 11.6 Å². The highest BCUT2D eigenvalue weighted by atomic mass is 19.1. The Morgan fingerprint density at radius 2 is 2.24 bits per heavy atom. The highest BCUT2D eigenvalue weighted by Crippen LogP contribution is 2.38. The Bertz CT molecular complexity index is 447. The van der Waals surface area contributed by atoms with E-state index in [2.05, 4.69) is 6.92 Å². The Morgan fingerprint density at radius 1 is 1.59 bits per heavy atom. The first-order chi connectivity index (χ1) is 7.99. The average Bonchev–Trinajstić information content (AvgIpc) is 2.96. The molecular formula is C13H16FNO2. The minimum Gasteiger partial charge on any atom is -0.507 e. The van der Waals surface area contributed by atoms with E-state index in [1.807, 2.05) is 0 Å². The van der Waals surface area contributed by atoms with Crippen molar-refractivity contribution in [1.82, 2.24) is 4.90 Å². The molecule has 0 spiro atoms. The summed E-state index contributed by atoms with van der Waals surface area (Å²) in [7, 11) is 1.68. The van der Waals surface area contributed by atoms with E-state index < -0.39 is 5.82 Å². The first-order valence-electron chi connectivity index (χ1n) is 5.73. The first-order valence-corrected chi connectivity index (χ1v) is 5.73. The second kappa shape index (κ2) is 4.35. The van der Waals surface area contributed by atoms with Crippen LogP contribution < -0.4 is 0 Å². The molecule has 1 aromatic rings. The Labute approximate surface area is 99.9 Å². The minimum absolute atomic E-state index is 0.0285. The van der Waals surface area contributed by atoms with Gasteiger partial charge in [-0.05, 0) is 36.5 Å². The molecule has 1 fully saturated rings. The van der Waals surface area contributed by atoms with Crippen molar-refractivity contribution in [3.8, 4) is 5.75 Å². The maximum atomic E-state index is 13.0. The van der Waals surface area contributed by atoms with E-state index in [4.69, 9.17) is 0 Å². The first kappa shape index (κ1) is 11.9. The number of hydrogen-bond donors (Lipinski definition) is 1. The van der Waals surface area contributed by atoms with Crippen LogP contribution in [0, 0.1) is 17.7 Å². The molecule has 0 heterocycles. The van der Waals surface area contributed by atoms with Crippen LogP contribution in [0.1, 0.15) is 23.7 Å². The number of halogens is 1. The molecule has 0 saturated heterocycles. The van der Waals surface area contributed by atoms with Crippen molar-refractivity contribution in [3.05, 3.63) is 29.6 Å². The molecule has 0 bridgehead atoms. The van der Waals surface area contributed by atoms with E-state index in [0.717, 1.165) is 18.6 Å². The Balaban J connectivity index is 2.10. The zero-order valence-electron chi connectivity index (χ0n) is 9.98. The normalized spacial score (nSPS) is 22.3. The lowest BCUT2D eigenvalue weighted by Crippen LogP contribution is -2.29. The standard InChI is InChI=1S/C13H16FNO2/c1-8-5-9(8)7-15(2)13(17)11-6-10(14)3-4-12(11)16/h3-4,6,8-9,16H,5,7H2,1-2H3. The molecule has 1 amide bonds. The van der Waals surface area contributed by atoms with E-state index in [1.54, 1.807) is 11.9 Å². The summed E-state index contributed by atoms with van der Waals surface area (Å²) < 4.78 is 13.0. The van der Waals surface area contributed by atoms with Gasteiger partial charge >= 0.3 is 0 Å². The maximum Gasteiger partial charge on any atom is 0.257 e. The molecule has 1 aliphatic carbocycles. The maximum absolute atomic E-state index is 13.0. The molecule has 3 nitrogen and oxygen atoms in total. The number of rotatable bonds is 3. The fraction of sp³-hybridized carbons (Fsp3) is 0.462. The van der Waals surface area contributed by atoms with Crippen molar-refractivity contribution in [3.63, 3.8) is 0 Å². The number of carbonyl (C=O) groups is 1. The minimum atomic E-state index is -0.515. The summed E-state index contributed by atoms with van der Waals surface area (Å²) in [6, 6.07) is 3.41. The molecule has 0 radical (unpaired) electrons. The Hall–Kier alpha value is -1.58. The van der Waals surface area contributed by atoms with Crippen LogP contribution in [0.2, 0.25) is 0 Å². The second-order valence-electron chi connectivity index (χ2n) is 4.82. The zero-order chi connectivity index (χ0) is 12.6. The van der Waals surface area contributed by atoms with Crippen LogP contribution >= 0.6 is 0 Å². The lowest BCUT2D eigenvalue weighted by Gasteiger charge is -2.17. The van der Waals surface area contributed by atoms with Gasteiger partial charge in [0.15, 0.2) is 0 Å². The number of aromatic hydroxyl groups is 1. The summed E-state index contributed by atoms with van der Waals surface area (Å²) >= 11 is 0. The van der Waals surface area contributed by atoms with Gasteiger partial charge in [-0.2, -0.15) is 0 Å². The summed E-state index contributed by atoms with van der Waals surface area (Å²) in [6.45, 7) is 2.80. The van der Waals surface area contributed by atoms with E-state index in [0.29, 0.717) is 18.4 Å². The lowest BCUT2D eigenvalue weighted by molar-refractivity contribution is 0.0783. The van der Waals surface area contributed by atoms with E-state index in [-0.39, 0.29) is 17.2 Å². The van der Waals surface area contributed by atoms with Crippen LogP contribution in [-0.2, 0) is 0 Å². The number of amides is 1. The third-order valence-electron chi connectivity index (χ3n) is 3.32. The van der Waals surface area contributed by atoms with Crippen molar-refractivity contribution in [2.75, 3.05) is 13.6 Å². The molecule has 92 valence electrons. The van der Waals surface area contributed by atoms with Crippen LogP contribution in [-0.4, -0.2) is 29.5 Å². The van der Waals surface area contributed by atoms with Gasteiger partial charge in [0.25, 0.3) is 5.91 Å². The predicted molar refractivity (Wildman–Crippen MR) is 62.3 cm³/mol. The predicted octanol–water partition coefficient (Wildman–Crippen LogP) is 2.26. The number of nitrogens with zero attached hydrogens (tertiary/aromatic N) is 1. The number of phenolic OH excluding ortho intramolecular Hbond substituents is 1. The van der Waals surface area contributed by atoms with Crippen molar-refractivity contribution < 1.29 is 14.3 Å². The van der Waals surface area contributed by atoms with Gasteiger partial charge in [0.2, 0.25) is 0 Å². The van der Waals surface area contributed by atoms with Crippen molar-refractivity contribution >= 4 is 5.91 Å². The van der Waals surface area contributed by atoms with Crippen molar-refractivity contribution in [2.45, 2.75) is 13.3 Å². The van der Waals surface area contributed by atoms with Gasteiger partial charge in [0, 0.05) is 13.6 Å². The van der Waals surface area contributed by atoms with Gasteiger partial charge in [-0.25, -0.2) is 4.39 Å². The van der Waals surface area contributed by atoms with E-state index in [9.17, 15) is 14.3 Å². The highest BCUT2D eigenvalue weighted by Gasteiger charge is 2.34. The van der Waals surface area contributed by atoms with Gasteiger partial charge in [0.05, 0.1) is 5.56 Å². The molecule has 4 heteroatoms. The number of phenols is 1. The van der Waals surface area contributed by atoms with Gasteiger partial charge in [-0.1, -0.05) is 6.92 Å². The quantitative estimate of drug-likeness (QED) is 0.876. The molecule has 1 N–H and O–H groups in total.